The molecule has 0 fully saturated rings. The van der Waals surface area contributed by atoms with E-state index in [0.29, 0.717) is 40.6 Å². The van der Waals surface area contributed by atoms with E-state index in [1.807, 2.05) is 78.9 Å². The summed E-state index contributed by atoms with van der Waals surface area (Å²) in [6, 6.07) is 24.9. The first-order chi connectivity index (χ1) is 16.2. The fourth-order valence-electron chi connectivity index (χ4n) is 3.72. The van der Waals surface area contributed by atoms with Gasteiger partial charge in [0.15, 0.2) is 5.65 Å². The predicted molar refractivity (Wildman–Crippen MR) is 129 cm³/mol. The van der Waals surface area contributed by atoms with Gasteiger partial charge in [0.25, 0.3) is 5.91 Å². The molecule has 0 unspecified atom stereocenters. The molecule has 0 aliphatic carbocycles. The number of rotatable bonds is 6. The Morgan fingerprint density at radius 2 is 1.73 bits per heavy atom. The Kier molecular flexibility index (Phi) is 5.83. The second kappa shape index (κ2) is 9.22. The predicted octanol–water partition coefficient (Wildman–Crippen LogP) is 5.08. The van der Waals surface area contributed by atoms with Crippen molar-refractivity contribution in [2.45, 2.75) is 6.42 Å². The summed E-state index contributed by atoms with van der Waals surface area (Å²) < 4.78 is 1.71. The highest BCUT2D eigenvalue weighted by Crippen LogP contribution is 2.30. The molecule has 0 atom stereocenters. The molecule has 3 aromatic heterocycles. The van der Waals surface area contributed by atoms with Gasteiger partial charge < -0.3 is 5.32 Å². The summed E-state index contributed by atoms with van der Waals surface area (Å²) in [5, 5.41) is 8.37. The first-order valence-corrected chi connectivity index (χ1v) is 11.0. The van der Waals surface area contributed by atoms with Gasteiger partial charge >= 0.3 is 0 Å². The fraction of sp³-hybridized carbons (Fsp3) is 0.0769. The lowest BCUT2D eigenvalue weighted by molar-refractivity contribution is 0.0954. The van der Waals surface area contributed by atoms with Crippen LogP contribution in [0.15, 0.2) is 91.3 Å². The summed E-state index contributed by atoms with van der Waals surface area (Å²) in [7, 11) is 0. The van der Waals surface area contributed by atoms with E-state index in [2.05, 4.69) is 15.3 Å². The maximum absolute atomic E-state index is 13.2. The van der Waals surface area contributed by atoms with E-state index < -0.39 is 0 Å². The van der Waals surface area contributed by atoms with Crippen molar-refractivity contribution in [3.8, 4) is 22.5 Å². The van der Waals surface area contributed by atoms with Crippen LogP contribution in [0.3, 0.4) is 0 Å². The molecule has 3 heterocycles. The Morgan fingerprint density at radius 1 is 0.939 bits per heavy atom. The van der Waals surface area contributed by atoms with E-state index in [1.54, 1.807) is 16.9 Å². The lowest BCUT2D eigenvalue weighted by Gasteiger charge is -2.12. The van der Waals surface area contributed by atoms with Crippen molar-refractivity contribution < 1.29 is 4.79 Å². The zero-order chi connectivity index (χ0) is 22.6. The highest BCUT2D eigenvalue weighted by Gasteiger charge is 2.19. The summed E-state index contributed by atoms with van der Waals surface area (Å²) in [6.45, 7) is 0.464. The maximum atomic E-state index is 13.2. The average Bonchev–Trinajstić information content (AvgIpc) is 3.29. The summed E-state index contributed by atoms with van der Waals surface area (Å²) in [5.74, 6) is -0.214. The number of carbonyl (C=O) groups excluding carboxylic acids is 1. The summed E-state index contributed by atoms with van der Waals surface area (Å²) >= 11 is 6.39. The van der Waals surface area contributed by atoms with E-state index in [0.717, 1.165) is 16.8 Å². The monoisotopic (exact) mass is 453 g/mol. The summed E-state index contributed by atoms with van der Waals surface area (Å²) in [6.07, 6.45) is 3.99. The zero-order valence-electron chi connectivity index (χ0n) is 17.6. The highest BCUT2D eigenvalue weighted by atomic mass is 35.5. The second-order valence-corrected chi connectivity index (χ2v) is 7.90. The molecule has 0 bridgehead atoms. The van der Waals surface area contributed by atoms with Crippen LogP contribution in [0.2, 0.25) is 5.02 Å². The molecule has 33 heavy (non-hydrogen) atoms. The van der Waals surface area contributed by atoms with Gasteiger partial charge in [0.05, 0.1) is 22.0 Å². The van der Waals surface area contributed by atoms with Gasteiger partial charge in [-0.15, -0.1) is 0 Å². The van der Waals surface area contributed by atoms with Gasteiger partial charge in [-0.25, -0.2) is 9.50 Å². The number of hydrogen-bond donors (Lipinski definition) is 1. The van der Waals surface area contributed by atoms with E-state index in [-0.39, 0.29) is 5.91 Å². The van der Waals surface area contributed by atoms with Gasteiger partial charge in [-0.05, 0) is 18.2 Å². The molecule has 1 amide bonds. The zero-order valence-corrected chi connectivity index (χ0v) is 18.4. The van der Waals surface area contributed by atoms with Crippen LogP contribution >= 0.6 is 11.6 Å². The SMILES string of the molecule is O=C(NCCc1ccccn1)c1cnc2cc(-c3ccccc3Cl)nn2c1-c1ccccc1. The van der Waals surface area contributed by atoms with Gasteiger partial charge in [0, 0.05) is 48.2 Å². The number of nitrogens with zero attached hydrogens (tertiary/aromatic N) is 4. The molecule has 0 aliphatic heterocycles. The van der Waals surface area contributed by atoms with Crippen molar-refractivity contribution in [1.29, 1.82) is 0 Å². The Morgan fingerprint density at radius 3 is 2.52 bits per heavy atom. The van der Waals surface area contributed by atoms with E-state index >= 15 is 0 Å². The summed E-state index contributed by atoms with van der Waals surface area (Å²) in [4.78, 5) is 22.0. The topological polar surface area (TPSA) is 72.2 Å². The number of aromatic nitrogens is 4. The number of fused-ring (bicyclic) bond motifs is 1. The highest BCUT2D eigenvalue weighted by molar-refractivity contribution is 6.33. The number of nitrogens with one attached hydrogen (secondary N) is 1. The average molecular weight is 454 g/mol. The summed E-state index contributed by atoms with van der Waals surface area (Å²) in [5.41, 5.74) is 5.05. The molecule has 7 heteroatoms. The Hall–Kier alpha value is -4.03. The van der Waals surface area contributed by atoms with Crippen molar-refractivity contribution in [3.05, 3.63) is 108 Å². The van der Waals surface area contributed by atoms with Crippen LogP contribution < -0.4 is 5.32 Å². The third-order valence-corrected chi connectivity index (χ3v) is 5.65. The van der Waals surface area contributed by atoms with Crippen molar-refractivity contribution in [2.24, 2.45) is 0 Å². The molecule has 0 radical (unpaired) electrons. The van der Waals surface area contributed by atoms with E-state index in [1.165, 1.54) is 0 Å². The molecule has 0 spiro atoms. The number of halogens is 1. The van der Waals surface area contributed by atoms with Crippen LogP contribution in [0, 0.1) is 0 Å². The number of benzene rings is 2. The number of amides is 1. The number of pyridine rings is 1. The van der Waals surface area contributed by atoms with Crippen molar-refractivity contribution in [2.75, 3.05) is 6.54 Å². The molecule has 1 N–H and O–H groups in total. The molecule has 6 nitrogen and oxygen atoms in total. The number of carbonyl (C=O) groups is 1. The molecular weight excluding hydrogens is 434 g/mol. The van der Waals surface area contributed by atoms with Gasteiger partial charge in [-0.1, -0.05) is 66.2 Å². The molecular formula is C26H20ClN5O. The lowest BCUT2D eigenvalue weighted by Crippen LogP contribution is -2.27. The molecule has 0 saturated heterocycles. The maximum Gasteiger partial charge on any atom is 0.255 e. The standard InChI is InChI=1S/C26H20ClN5O/c27-22-12-5-4-11-20(22)23-16-24-30-17-21(25(32(24)31-23)18-8-2-1-3-9-18)26(33)29-15-13-19-10-6-7-14-28-19/h1-12,14,16-17H,13,15H2,(H,29,33). The normalized spacial score (nSPS) is 10.9. The first kappa shape index (κ1) is 20.8. The minimum Gasteiger partial charge on any atom is -0.352 e. The molecule has 5 rings (SSSR count). The largest absolute Gasteiger partial charge is 0.352 e. The van der Waals surface area contributed by atoms with Crippen LogP contribution in [0.4, 0.5) is 0 Å². The Labute approximate surface area is 195 Å². The van der Waals surface area contributed by atoms with E-state index in [4.69, 9.17) is 16.7 Å². The van der Waals surface area contributed by atoms with Crippen LogP contribution in [0.1, 0.15) is 16.1 Å². The van der Waals surface area contributed by atoms with Gasteiger partial charge in [0.2, 0.25) is 0 Å². The van der Waals surface area contributed by atoms with Gasteiger partial charge in [-0.2, -0.15) is 5.10 Å². The third kappa shape index (κ3) is 4.33. The minimum absolute atomic E-state index is 0.214. The van der Waals surface area contributed by atoms with Crippen LogP contribution in [0.25, 0.3) is 28.2 Å². The Balaban J connectivity index is 1.54. The van der Waals surface area contributed by atoms with Crippen molar-refractivity contribution in [3.63, 3.8) is 0 Å². The van der Waals surface area contributed by atoms with Crippen LogP contribution in [0.5, 0.6) is 0 Å². The first-order valence-electron chi connectivity index (χ1n) is 10.6. The molecule has 0 saturated carbocycles. The quantitative estimate of drug-likeness (QED) is 0.389. The molecule has 5 aromatic rings. The Bertz CT molecular complexity index is 1420. The van der Waals surface area contributed by atoms with Crippen molar-refractivity contribution >= 4 is 23.2 Å². The van der Waals surface area contributed by atoms with E-state index in [9.17, 15) is 4.79 Å². The molecule has 0 aliphatic rings. The smallest absolute Gasteiger partial charge is 0.255 e. The minimum atomic E-state index is -0.214. The lowest BCUT2D eigenvalue weighted by atomic mass is 10.1. The van der Waals surface area contributed by atoms with Gasteiger partial charge in [0.1, 0.15) is 0 Å². The van der Waals surface area contributed by atoms with Crippen molar-refractivity contribution in [1.82, 2.24) is 24.9 Å². The fourth-order valence-corrected chi connectivity index (χ4v) is 3.95. The van der Waals surface area contributed by atoms with Gasteiger partial charge in [-0.3, -0.25) is 9.78 Å². The second-order valence-electron chi connectivity index (χ2n) is 7.49. The number of hydrogen-bond acceptors (Lipinski definition) is 4. The third-order valence-electron chi connectivity index (χ3n) is 5.32. The van der Waals surface area contributed by atoms with Crippen LogP contribution in [-0.2, 0) is 6.42 Å². The molecule has 162 valence electrons. The molecule has 2 aromatic carbocycles. The van der Waals surface area contributed by atoms with Crippen LogP contribution in [-0.4, -0.2) is 32.0 Å².